The largest absolute Gasteiger partial charge is 0.486 e. The minimum absolute atomic E-state index is 0.0301. The zero-order valence-electron chi connectivity index (χ0n) is 18.8. The van der Waals surface area contributed by atoms with Crippen molar-refractivity contribution >= 4 is 16.0 Å². The van der Waals surface area contributed by atoms with Crippen LogP contribution >= 0.6 is 0 Å². The third-order valence-electron chi connectivity index (χ3n) is 5.34. The number of rotatable bonds is 7. The first-order valence-electron chi connectivity index (χ1n) is 10.8. The van der Waals surface area contributed by atoms with Crippen LogP contribution in [0.4, 0.5) is 0 Å². The monoisotopic (exact) mass is 451 g/mol. The average Bonchev–Trinajstić information content (AvgIpc) is 3.30. The van der Waals surface area contributed by atoms with E-state index in [4.69, 9.17) is 14.2 Å². The number of aryl methyl sites for hydroxylation is 1. The summed E-state index contributed by atoms with van der Waals surface area (Å²) >= 11 is 0. The van der Waals surface area contributed by atoms with Crippen molar-refractivity contribution in [1.29, 1.82) is 0 Å². The highest BCUT2D eigenvalue weighted by Crippen LogP contribution is 2.34. The molecule has 31 heavy (non-hydrogen) atoms. The van der Waals surface area contributed by atoms with E-state index in [9.17, 15) is 13.2 Å². The van der Waals surface area contributed by atoms with Crippen LogP contribution in [0.15, 0.2) is 35.7 Å². The fraction of sp³-hybridized carbons (Fsp3) is 0.609. The lowest BCUT2D eigenvalue weighted by Gasteiger charge is -2.27. The van der Waals surface area contributed by atoms with Crippen LogP contribution in [0, 0.1) is 6.92 Å². The van der Waals surface area contributed by atoms with Crippen LogP contribution in [0.5, 0.6) is 5.75 Å². The zero-order valence-corrected chi connectivity index (χ0v) is 19.6. The van der Waals surface area contributed by atoms with Crippen molar-refractivity contribution in [1.82, 2.24) is 4.31 Å². The molecular formula is C23H33NO6S. The van der Waals surface area contributed by atoms with E-state index in [2.05, 4.69) is 6.58 Å². The Morgan fingerprint density at radius 2 is 2.10 bits per heavy atom. The number of carbonyl (C=O) groups excluding carboxylic acids is 1. The van der Waals surface area contributed by atoms with Crippen molar-refractivity contribution in [2.24, 2.45) is 0 Å². The molecule has 0 spiro atoms. The molecule has 2 aliphatic heterocycles. The maximum absolute atomic E-state index is 13.6. The fourth-order valence-electron chi connectivity index (χ4n) is 3.96. The van der Waals surface area contributed by atoms with Crippen LogP contribution in [0.25, 0.3) is 0 Å². The van der Waals surface area contributed by atoms with Gasteiger partial charge in [0, 0.05) is 13.0 Å². The lowest BCUT2D eigenvalue weighted by Crippen LogP contribution is -2.43. The summed E-state index contributed by atoms with van der Waals surface area (Å²) in [5.74, 6) is -0.220. The van der Waals surface area contributed by atoms with E-state index in [1.54, 1.807) is 45.0 Å². The summed E-state index contributed by atoms with van der Waals surface area (Å²) in [5, 5.41) is 0. The van der Waals surface area contributed by atoms with Crippen molar-refractivity contribution in [3.05, 3.63) is 36.4 Å². The molecule has 0 radical (unpaired) electrons. The Morgan fingerprint density at radius 1 is 1.35 bits per heavy atom. The first-order valence-corrected chi connectivity index (χ1v) is 12.2. The molecular weight excluding hydrogens is 418 g/mol. The fourth-order valence-corrected chi connectivity index (χ4v) is 5.71. The summed E-state index contributed by atoms with van der Waals surface area (Å²) in [6, 6.07) is 4.20. The highest BCUT2D eigenvalue weighted by Gasteiger charge is 2.42. The normalized spacial score (nSPS) is 24.8. The quantitative estimate of drug-likeness (QED) is 0.465. The predicted octanol–water partition coefficient (Wildman–Crippen LogP) is 3.60. The maximum Gasteiger partial charge on any atom is 0.324 e. The highest BCUT2D eigenvalue weighted by molar-refractivity contribution is 7.89. The first kappa shape index (κ1) is 23.8. The second-order valence-electron chi connectivity index (χ2n) is 9.21. The zero-order chi connectivity index (χ0) is 22.8. The molecule has 0 aromatic heterocycles. The van der Waals surface area contributed by atoms with E-state index in [0.29, 0.717) is 31.6 Å². The molecule has 172 valence electrons. The number of hydrogen-bond acceptors (Lipinski definition) is 6. The lowest BCUT2D eigenvalue weighted by molar-refractivity contribution is -0.158. The van der Waals surface area contributed by atoms with Gasteiger partial charge in [-0.05, 0) is 64.7 Å². The van der Waals surface area contributed by atoms with E-state index in [-0.39, 0.29) is 23.6 Å². The van der Waals surface area contributed by atoms with Crippen LogP contribution in [-0.4, -0.2) is 55.7 Å². The van der Waals surface area contributed by atoms with Crippen molar-refractivity contribution in [3.63, 3.8) is 0 Å². The molecule has 3 rings (SSSR count). The van der Waals surface area contributed by atoms with E-state index in [1.165, 1.54) is 4.31 Å². The Kier molecular flexibility index (Phi) is 7.13. The Hall–Kier alpha value is -1.90. The summed E-state index contributed by atoms with van der Waals surface area (Å²) in [4.78, 5) is 12.8. The van der Waals surface area contributed by atoms with Crippen LogP contribution in [-0.2, 0) is 24.3 Å². The summed E-state index contributed by atoms with van der Waals surface area (Å²) in [5.41, 5.74) is 0.207. The molecule has 0 amide bonds. The molecule has 3 atom stereocenters. The van der Waals surface area contributed by atoms with Gasteiger partial charge in [0.05, 0.1) is 12.7 Å². The summed E-state index contributed by atoms with van der Waals surface area (Å²) in [7, 11) is -3.95. The minimum atomic E-state index is -3.95. The van der Waals surface area contributed by atoms with Crippen molar-refractivity contribution < 1.29 is 27.4 Å². The van der Waals surface area contributed by atoms with Gasteiger partial charge in [-0.1, -0.05) is 12.1 Å². The molecule has 0 bridgehead atoms. The second-order valence-corrected chi connectivity index (χ2v) is 11.1. The van der Waals surface area contributed by atoms with Crippen molar-refractivity contribution in [2.75, 3.05) is 13.2 Å². The predicted molar refractivity (Wildman–Crippen MR) is 118 cm³/mol. The number of esters is 1. The Bertz CT molecular complexity index is 920. The highest BCUT2D eigenvalue weighted by atomic mass is 32.2. The summed E-state index contributed by atoms with van der Waals surface area (Å²) in [6.45, 7) is 11.6. The van der Waals surface area contributed by atoms with Crippen molar-refractivity contribution in [2.45, 2.75) is 82.1 Å². The van der Waals surface area contributed by atoms with Crippen LogP contribution in [0.2, 0.25) is 0 Å². The topological polar surface area (TPSA) is 82.1 Å². The maximum atomic E-state index is 13.6. The Labute approximate surface area is 185 Å². The molecule has 0 unspecified atom stereocenters. The van der Waals surface area contributed by atoms with Crippen LogP contribution < -0.4 is 4.74 Å². The average molecular weight is 452 g/mol. The number of nitrogens with zero attached hydrogens (tertiary/aromatic N) is 1. The van der Waals surface area contributed by atoms with E-state index in [1.807, 2.05) is 6.92 Å². The SMILES string of the molecule is C=CC[C@H]1C[C@@H](Oc2cc(C)ccc2S(=O)(=O)N2CCC[C@H]2C(=O)OC(C)(C)C)CO1. The number of ether oxygens (including phenoxy) is 3. The second kappa shape index (κ2) is 9.30. The molecule has 2 aliphatic rings. The molecule has 7 nitrogen and oxygen atoms in total. The Balaban J connectivity index is 1.85. The molecule has 2 fully saturated rings. The number of hydrogen-bond donors (Lipinski definition) is 0. The van der Waals surface area contributed by atoms with E-state index in [0.717, 1.165) is 12.0 Å². The molecule has 0 saturated carbocycles. The third kappa shape index (κ3) is 5.67. The van der Waals surface area contributed by atoms with Crippen molar-refractivity contribution in [3.8, 4) is 5.75 Å². The first-order chi connectivity index (χ1) is 14.5. The van der Waals surface area contributed by atoms with Gasteiger partial charge in [-0.15, -0.1) is 6.58 Å². The van der Waals surface area contributed by atoms with Gasteiger partial charge >= 0.3 is 5.97 Å². The van der Waals surface area contributed by atoms with Gasteiger partial charge in [-0.2, -0.15) is 4.31 Å². The number of benzene rings is 1. The van der Waals surface area contributed by atoms with E-state index >= 15 is 0 Å². The van der Waals surface area contributed by atoms with Gasteiger partial charge in [0.1, 0.15) is 28.4 Å². The standard InChI is InChI=1S/C23H33NO6S/c1-6-8-17-14-18(15-28-17)29-20-13-16(2)10-11-21(20)31(26,27)24-12-7-9-19(24)22(25)30-23(3,4)5/h6,10-11,13,17-19H,1,7-9,12,14-15H2,2-5H3/t17-,18+,19-/m0/s1. The lowest BCUT2D eigenvalue weighted by atomic mass is 10.1. The van der Waals surface area contributed by atoms with E-state index < -0.39 is 27.6 Å². The van der Waals surface area contributed by atoms with Gasteiger partial charge in [0.2, 0.25) is 10.0 Å². The Morgan fingerprint density at radius 3 is 2.77 bits per heavy atom. The van der Waals surface area contributed by atoms with Gasteiger partial charge in [-0.3, -0.25) is 4.79 Å². The van der Waals surface area contributed by atoms with Crippen LogP contribution in [0.1, 0.15) is 52.0 Å². The number of sulfonamides is 1. The minimum Gasteiger partial charge on any atom is -0.486 e. The van der Waals surface area contributed by atoms with Crippen LogP contribution in [0.3, 0.4) is 0 Å². The molecule has 0 N–H and O–H groups in total. The van der Waals surface area contributed by atoms with Gasteiger partial charge < -0.3 is 14.2 Å². The van der Waals surface area contributed by atoms with Gasteiger partial charge in [0.15, 0.2) is 0 Å². The summed E-state index contributed by atoms with van der Waals surface area (Å²) < 4.78 is 45.7. The molecule has 1 aromatic carbocycles. The molecule has 2 saturated heterocycles. The van der Waals surface area contributed by atoms with Gasteiger partial charge in [-0.25, -0.2) is 8.42 Å². The third-order valence-corrected chi connectivity index (χ3v) is 7.28. The molecule has 1 aromatic rings. The number of carbonyl (C=O) groups is 1. The molecule has 8 heteroatoms. The van der Waals surface area contributed by atoms with Gasteiger partial charge in [0.25, 0.3) is 0 Å². The smallest absolute Gasteiger partial charge is 0.324 e. The molecule has 2 heterocycles. The summed E-state index contributed by atoms with van der Waals surface area (Å²) in [6.07, 6.45) is 4.04. The molecule has 0 aliphatic carbocycles.